The lowest BCUT2D eigenvalue weighted by atomic mass is 9.99. The number of hydrogen-bond donors (Lipinski definition) is 1. The molecular weight excluding hydrogens is 280 g/mol. The number of nitrogens with zero attached hydrogens (tertiary/aromatic N) is 1. The first kappa shape index (κ1) is 14.6. The first-order chi connectivity index (χ1) is 10.4. The molecule has 1 aromatic heterocycles. The molecule has 0 spiro atoms. The van der Waals surface area contributed by atoms with E-state index in [1.54, 1.807) is 0 Å². The zero-order valence-electron chi connectivity index (χ0n) is 13.1. The molecule has 0 bridgehead atoms. The Balaban J connectivity index is 2.22. The summed E-state index contributed by atoms with van der Waals surface area (Å²) in [6.45, 7) is 9.87. The summed E-state index contributed by atoms with van der Waals surface area (Å²) in [4.78, 5) is 24.6. The molecule has 3 rings (SSSR count). The fraction of sp³-hybridized carbons (Fsp3) is 0.412. The first-order valence-corrected chi connectivity index (χ1v) is 7.52. The Bertz CT molecular complexity index is 826. The standard InChI is InChI=1S/C17H20N2O3/c1-9(2)12-7-10(3)8-14-15(12)22-17(21)19(14)13-6-5-11(4)18-16(13)20/h7-9,13H,4-6H2,1-3H3,(H,18,20). The number of rotatable bonds is 2. The first-order valence-electron chi connectivity index (χ1n) is 7.52. The van der Waals surface area contributed by atoms with Crippen molar-refractivity contribution >= 4 is 17.0 Å². The molecule has 1 unspecified atom stereocenters. The van der Waals surface area contributed by atoms with Crippen LogP contribution in [0.2, 0.25) is 0 Å². The minimum atomic E-state index is -0.541. The molecular formula is C17H20N2O3. The number of hydrogen-bond acceptors (Lipinski definition) is 3. The summed E-state index contributed by atoms with van der Waals surface area (Å²) in [7, 11) is 0. The Morgan fingerprint density at radius 1 is 1.36 bits per heavy atom. The number of oxazole rings is 1. The van der Waals surface area contributed by atoms with Crippen LogP contribution in [-0.4, -0.2) is 10.5 Å². The predicted molar refractivity (Wildman–Crippen MR) is 84.9 cm³/mol. The van der Waals surface area contributed by atoms with Gasteiger partial charge in [0, 0.05) is 5.70 Å². The van der Waals surface area contributed by atoms with Crippen molar-refractivity contribution in [1.29, 1.82) is 0 Å². The summed E-state index contributed by atoms with van der Waals surface area (Å²) in [5, 5.41) is 2.73. The van der Waals surface area contributed by atoms with Gasteiger partial charge in [0.25, 0.3) is 0 Å². The van der Waals surface area contributed by atoms with Crippen LogP contribution >= 0.6 is 0 Å². The second kappa shape index (κ2) is 5.16. The van der Waals surface area contributed by atoms with Gasteiger partial charge in [-0.3, -0.25) is 9.36 Å². The van der Waals surface area contributed by atoms with E-state index in [1.807, 2.05) is 19.1 Å². The van der Waals surface area contributed by atoms with Crippen LogP contribution in [0.25, 0.3) is 11.1 Å². The van der Waals surface area contributed by atoms with E-state index in [0.29, 0.717) is 29.6 Å². The Hall–Kier alpha value is -2.30. The molecule has 5 nitrogen and oxygen atoms in total. The molecule has 1 aromatic carbocycles. The Morgan fingerprint density at radius 2 is 2.09 bits per heavy atom. The topological polar surface area (TPSA) is 64.2 Å². The van der Waals surface area contributed by atoms with Crippen LogP contribution in [0.1, 0.15) is 49.8 Å². The number of nitrogens with one attached hydrogen (secondary N) is 1. The van der Waals surface area contributed by atoms with Crippen molar-refractivity contribution in [3.8, 4) is 0 Å². The van der Waals surface area contributed by atoms with Crippen LogP contribution in [0.15, 0.2) is 33.6 Å². The van der Waals surface area contributed by atoms with Crippen LogP contribution in [0.3, 0.4) is 0 Å². The summed E-state index contributed by atoms with van der Waals surface area (Å²) >= 11 is 0. The lowest BCUT2D eigenvalue weighted by Crippen LogP contribution is -2.39. The van der Waals surface area contributed by atoms with Crippen molar-refractivity contribution in [3.05, 3.63) is 46.1 Å². The molecule has 1 saturated heterocycles. The molecule has 1 amide bonds. The zero-order valence-corrected chi connectivity index (χ0v) is 13.1. The van der Waals surface area contributed by atoms with Crippen LogP contribution in [0.4, 0.5) is 0 Å². The minimum absolute atomic E-state index is 0.200. The molecule has 0 saturated carbocycles. The molecule has 5 heteroatoms. The number of aryl methyl sites for hydroxylation is 1. The molecule has 116 valence electrons. The van der Waals surface area contributed by atoms with Crippen molar-refractivity contribution in [3.63, 3.8) is 0 Å². The number of fused-ring (bicyclic) bond motifs is 1. The van der Waals surface area contributed by atoms with Crippen LogP contribution in [0.5, 0.6) is 0 Å². The minimum Gasteiger partial charge on any atom is -0.407 e. The van der Waals surface area contributed by atoms with E-state index in [0.717, 1.165) is 11.1 Å². The maximum Gasteiger partial charge on any atom is 0.420 e. The third-order valence-electron chi connectivity index (χ3n) is 4.14. The van der Waals surface area contributed by atoms with Gasteiger partial charge < -0.3 is 9.73 Å². The van der Waals surface area contributed by atoms with Gasteiger partial charge in [0.15, 0.2) is 5.58 Å². The molecule has 2 aromatic rings. The van der Waals surface area contributed by atoms with Gasteiger partial charge in [0.2, 0.25) is 5.91 Å². The molecule has 1 fully saturated rings. The molecule has 1 atom stereocenters. The monoisotopic (exact) mass is 300 g/mol. The lowest BCUT2D eigenvalue weighted by molar-refractivity contribution is -0.124. The largest absolute Gasteiger partial charge is 0.420 e. The molecule has 22 heavy (non-hydrogen) atoms. The summed E-state index contributed by atoms with van der Waals surface area (Å²) in [6, 6.07) is 3.40. The van der Waals surface area contributed by atoms with Gasteiger partial charge in [-0.15, -0.1) is 0 Å². The molecule has 2 heterocycles. The van der Waals surface area contributed by atoms with Crippen molar-refractivity contribution < 1.29 is 9.21 Å². The van der Waals surface area contributed by atoms with Crippen molar-refractivity contribution in [1.82, 2.24) is 9.88 Å². The average molecular weight is 300 g/mol. The highest BCUT2D eigenvalue weighted by atomic mass is 16.4. The second-order valence-corrected chi connectivity index (χ2v) is 6.24. The average Bonchev–Trinajstić information content (AvgIpc) is 2.74. The predicted octanol–water partition coefficient (Wildman–Crippen LogP) is 2.99. The number of allylic oxidation sites excluding steroid dienone is 1. The Morgan fingerprint density at radius 3 is 2.73 bits per heavy atom. The molecule has 0 radical (unpaired) electrons. The summed E-state index contributed by atoms with van der Waals surface area (Å²) in [5.74, 6) is -0.440. The maximum absolute atomic E-state index is 12.3. The van der Waals surface area contributed by atoms with Crippen LogP contribution in [-0.2, 0) is 4.79 Å². The second-order valence-electron chi connectivity index (χ2n) is 6.24. The number of benzene rings is 1. The smallest absolute Gasteiger partial charge is 0.407 e. The van der Waals surface area contributed by atoms with Crippen LogP contribution in [0, 0.1) is 6.92 Å². The van der Waals surface area contributed by atoms with E-state index in [2.05, 4.69) is 25.7 Å². The SMILES string of the molecule is C=C1CCC(n2c(=O)oc3c(C(C)C)cc(C)cc32)C(=O)N1. The summed E-state index contributed by atoms with van der Waals surface area (Å²) in [5.41, 5.74) is 4.02. The van der Waals surface area contributed by atoms with Gasteiger partial charge in [-0.25, -0.2) is 4.79 Å². The van der Waals surface area contributed by atoms with Gasteiger partial charge in [-0.2, -0.15) is 0 Å². The quantitative estimate of drug-likeness (QED) is 0.927. The molecule has 0 aliphatic carbocycles. The van der Waals surface area contributed by atoms with Crippen molar-refractivity contribution in [2.45, 2.75) is 45.6 Å². The zero-order chi connectivity index (χ0) is 16.0. The lowest BCUT2D eigenvalue weighted by Gasteiger charge is -2.24. The number of aromatic nitrogens is 1. The van der Waals surface area contributed by atoms with E-state index in [9.17, 15) is 9.59 Å². The van der Waals surface area contributed by atoms with E-state index in [4.69, 9.17) is 4.42 Å². The molecule has 1 aliphatic heterocycles. The summed E-state index contributed by atoms with van der Waals surface area (Å²) in [6.07, 6.45) is 1.22. The highest BCUT2D eigenvalue weighted by Crippen LogP contribution is 2.30. The third-order valence-corrected chi connectivity index (χ3v) is 4.14. The van der Waals surface area contributed by atoms with E-state index in [1.165, 1.54) is 4.57 Å². The maximum atomic E-state index is 12.3. The number of amides is 1. The van der Waals surface area contributed by atoms with E-state index in [-0.39, 0.29) is 11.8 Å². The third kappa shape index (κ3) is 2.26. The highest BCUT2D eigenvalue weighted by molar-refractivity contribution is 5.86. The van der Waals surface area contributed by atoms with E-state index >= 15 is 0 Å². The molecule has 1 N–H and O–H groups in total. The fourth-order valence-corrected chi connectivity index (χ4v) is 3.04. The van der Waals surface area contributed by atoms with Gasteiger partial charge in [-0.1, -0.05) is 26.5 Å². The summed E-state index contributed by atoms with van der Waals surface area (Å²) < 4.78 is 6.96. The number of carbonyl (C=O) groups is 1. The van der Waals surface area contributed by atoms with Gasteiger partial charge in [-0.05, 0) is 42.9 Å². The number of piperidine rings is 1. The Labute approximate surface area is 128 Å². The van der Waals surface area contributed by atoms with Gasteiger partial charge in [0.1, 0.15) is 6.04 Å². The fourth-order valence-electron chi connectivity index (χ4n) is 3.04. The van der Waals surface area contributed by atoms with Crippen molar-refractivity contribution in [2.24, 2.45) is 0 Å². The number of carbonyl (C=O) groups excluding carboxylic acids is 1. The van der Waals surface area contributed by atoms with Gasteiger partial charge in [0.05, 0.1) is 5.52 Å². The van der Waals surface area contributed by atoms with Gasteiger partial charge >= 0.3 is 5.76 Å². The van der Waals surface area contributed by atoms with Crippen LogP contribution < -0.4 is 11.1 Å². The molecule has 1 aliphatic rings. The van der Waals surface area contributed by atoms with E-state index < -0.39 is 11.8 Å². The highest BCUT2D eigenvalue weighted by Gasteiger charge is 2.30. The van der Waals surface area contributed by atoms with Crippen molar-refractivity contribution in [2.75, 3.05) is 0 Å². The Kier molecular flexibility index (Phi) is 3.43. The normalized spacial score (nSPS) is 19.0.